The van der Waals surface area contributed by atoms with Crippen LogP contribution in [0.5, 0.6) is 5.88 Å². The van der Waals surface area contributed by atoms with Crippen molar-refractivity contribution in [2.75, 3.05) is 7.11 Å². The van der Waals surface area contributed by atoms with Gasteiger partial charge in [0.05, 0.1) is 18.5 Å². The Morgan fingerprint density at radius 1 is 1.26 bits per heavy atom. The summed E-state index contributed by atoms with van der Waals surface area (Å²) in [6.07, 6.45) is 3.56. The average Bonchev–Trinajstić information content (AvgIpc) is 2.46. The van der Waals surface area contributed by atoms with E-state index in [1.54, 1.807) is 13.0 Å². The molecule has 2 rings (SSSR count). The van der Waals surface area contributed by atoms with Crippen molar-refractivity contribution in [3.8, 4) is 5.88 Å². The van der Waals surface area contributed by atoms with Crippen molar-refractivity contribution >= 4 is 5.78 Å². The fraction of sp³-hybridized carbons (Fsp3) is 0.308. The maximum absolute atomic E-state index is 12.5. The number of carbonyl (C=O) groups is 1. The van der Waals surface area contributed by atoms with Gasteiger partial charge in [-0.15, -0.1) is 0 Å². The van der Waals surface area contributed by atoms with E-state index in [0.29, 0.717) is 23.4 Å². The molecular weight excluding hydrogens is 244 g/mol. The predicted octanol–water partition coefficient (Wildman–Crippen LogP) is 1.38. The van der Waals surface area contributed by atoms with Crippen molar-refractivity contribution < 1.29 is 9.53 Å². The number of hydrogen-bond donors (Lipinski definition) is 0. The molecule has 0 aliphatic rings. The molecule has 0 bridgehead atoms. The van der Waals surface area contributed by atoms with Crippen LogP contribution < -0.4 is 4.74 Å². The molecule has 0 amide bonds. The lowest BCUT2D eigenvalue weighted by Gasteiger charge is -2.08. The zero-order valence-corrected chi connectivity index (χ0v) is 11.0. The highest BCUT2D eigenvalue weighted by Gasteiger charge is 2.20. The van der Waals surface area contributed by atoms with Crippen molar-refractivity contribution in [1.82, 2.24) is 20.2 Å². The number of methoxy groups -OCH3 is 1. The number of ketones is 1. The smallest absolute Gasteiger partial charge is 0.243 e. The molecule has 6 nitrogen and oxygen atoms in total. The van der Waals surface area contributed by atoms with E-state index in [1.807, 2.05) is 6.92 Å². The SMILES string of the molecule is CCc1nnc(C)cc1C(=O)c1nccnc1OC. The van der Waals surface area contributed by atoms with Crippen LogP contribution in [-0.4, -0.2) is 33.1 Å². The maximum Gasteiger partial charge on any atom is 0.243 e. The Hall–Kier alpha value is -2.37. The second kappa shape index (κ2) is 5.51. The molecule has 0 saturated heterocycles. The predicted molar refractivity (Wildman–Crippen MR) is 68.2 cm³/mol. The van der Waals surface area contributed by atoms with Gasteiger partial charge in [0, 0.05) is 18.0 Å². The highest BCUT2D eigenvalue weighted by atomic mass is 16.5. The Bertz CT molecular complexity index is 613. The summed E-state index contributed by atoms with van der Waals surface area (Å²) in [7, 11) is 1.46. The molecule has 2 aromatic rings. The number of ether oxygens (including phenoxy) is 1. The van der Waals surface area contributed by atoms with Gasteiger partial charge in [0.1, 0.15) is 0 Å². The van der Waals surface area contributed by atoms with Gasteiger partial charge in [0.25, 0.3) is 0 Å². The second-order valence-corrected chi connectivity index (χ2v) is 3.94. The summed E-state index contributed by atoms with van der Waals surface area (Å²) >= 11 is 0. The minimum atomic E-state index is -0.250. The quantitative estimate of drug-likeness (QED) is 0.771. The molecule has 0 aliphatic carbocycles. The molecule has 19 heavy (non-hydrogen) atoms. The van der Waals surface area contributed by atoms with Crippen molar-refractivity contribution in [2.45, 2.75) is 20.3 Å². The van der Waals surface area contributed by atoms with Crippen LogP contribution in [0, 0.1) is 6.92 Å². The molecule has 0 radical (unpaired) electrons. The first-order chi connectivity index (χ1) is 9.17. The summed E-state index contributed by atoms with van der Waals surface area (Å²) in [5, 5.41) is 8.00. The fourth-order valence-electron chi connectivity index (χ4n) is 1.73. The molecule has 2 heterocycles. The van der Waals surface area contributed by atoms with E-state index < -0.39 is 0 Å². The third kappa shape index (κ3) is 2.57. The summed E-state index contributed by atoms with van der Waals surface area (Å²) in [5.41, 5.74) is 2.01. The van der Waals surface area contributed by atoms with E-state index in [9.17, 15) is 4.79 Å². The topological polar surface area (TPSA) is 77.9 Å². The van der Waals surface area contributed by atoms with Gasteiger partial charge in [-0.05, 0) is 19.4 Å². The molecule has 0 saturated carbocycles. The fourth-order valence-corrected chi connectivity index (χ4v) is 1.73. The molecule has 2 aromatic heterocycles. The van der Waals surface area contributed by atoms with Crippen LogP contribution >= 0.6 is 0 Å². The zero-order valence-electron chi connectivity index (χ0n) is 11.0. The van der Waals surface area contributed by atoms with Gasteiger partial charge in [-0.1, -0.05) is 6.92 Å². The number of hydrogen-bond acceptors (Lipinski definition) is 6. The number of aromatic nitrogens is 4. The van der Waals surface area contributed by atoms with E-state index in [-0.39, 0.29) is 17.4 Å². The molecule has 98 valence electrons. The van der Waals surface area contributed by atoms with Crippen LogP contribution in [0.25, 0.3) is 0 Å². The first-order valence-electron chi connectivity index (χ1n) is 5.90. The normalized spacial score (nSPS) is 10.3. The lowest BCUT2D eigenvalue weighted by atomic mass is 10.0. The van der Waals surface area contributed by atoms with Gasteiger partial charge < -0.3 is 4.74 Å². The molecule has 0 aromatic carbocycles. The van der Waals surface area contributed by atoms with Gasteiger partial charge >= 0.3 is 0 Å². The Morgan fingerprint density at radius 2 is 2.00 bits per heavy atom. The highest BCUT2D eigenvalue weighted by Crippen LogP contribution is 2.18. The van der Waals surface area contributed by atoms with Crippen LogP contribution in [0.3, 0.4) is 0 Å². The maximum atomic E-state index is 12.5. The minimum absolute atomic E-state index is 0.187. The van der Waals surface area contributed by atoms with Gasteiger partial charge in [-0.25, -0.2) is 9.97 Å². The Balaban J connectivity index is 2.52. The standard InChI is InChI=1S/C13H14N4O2/c1-4-10-9(7-8(2)16-17-10)12(18)11-13(19-3)15-6-5-14-11/h5-7H,4H2,1-3H3. The number of aryl methyl sites for hydroxylation is 2. The average molecular weight is 258 g/mol. The van der Waals surface area contributed by atoms with Gasteiger partial charge in [-0.2, -0.15) is 10.2 Å². The summed E-state index contributed by atoms with van der Waals surface area (Å²) < 4.78 is 5.06. The molecule has 0 aliphatic heterocycles. The van der Waals surface area contributed by atoms with Gasteiger partial charge in [0.15, 0.2) is 5.69 Å². The summed E-state index contributed by atoms with van der Waals surface area (Å²) in [6, 6.07) is 1.71. The van der Waals surface area contributed by atoms with Crippen LogP contribution in [-0.2, 0) is 6.42 Å². The lowest BCUT2D eigenvalue weighted by molar-refractivity contribution is 0.102. The Labute approximate surface area is 110 Å². The van der Waals surface area contributed by atoms with Crippen molar-refractivity contribution in [1.29, 1.82) is 0 Å². The third-order valence-electron chi connectivity index (χ3n) is 2.65. The van der Waals surface area contributed by atoms with E-state index in [2.05, 4.69) is 20.2 Å². The number of carbonyl (C=O) groups excluding carboxylic acids is 1. The molecule has 6 heteroatoms. The molecule has 0 fully saturated rings. The molecule has 0 N–H and O–H groups in total. The van der Waals surface area contributed by atoms with Gasteiger partial charge in [-0.3, -0.25) is 4.79 Å². The second-order valence-electron chi connectivity index (χ2n) is 3.94. The lowest BCUT2D eigenvalue weighted by Crippen LogP contribution is -2.12. The van der Waals surface area contributed by atoms with Crippen LogP contribution in [0.4, 0.5) is 0 Å². The van der Waals surface area contributed by atoms with Crippen molar-refractivity contribution in [3.05, 3.63) is 41.1 Å². The zero-order chi connectivity index (χ0) is 13.8. The van der Waals surface area contributed by atoms with E-state index in [0.717, 1.165) is 0 Å². The van der Waals surface area contributed by atoms with Crippen molar-refractivity contribution in [3.63, 3.8) is 0 Å². The van der Waals surface area contributed by atoms with E-state index >= 15 is 0 Å². The summed E-state index contributed by atoms with van der Waals surface area (Å²) in [5.74, 6) is -0.0381. The molecule has 0 spiro atoms. The number of nitrogens with zero attached hydrogens (tertiary/aromatic N) is 4. The van der Waals surface area contributed by atoms with Crippen LogP contribution in [0.1, 0.15) is 34.4 Å². The van der Waals surface area contributed by atoms with E-state index in [1.165, 1.54) is 19.5 Å². The molecule has 0 atom stereocenters. The Kier molecular flexibility index (Phi) is 3.79. The number of rotatable bonds is 4. The minimum Gasteiger partial charge on any atom is -0.479 e. The first-order valence-corrected chi connectivity index (χ1v) is 5.90. The monoisotopic (exact) mass is 258 g/mol. The van der Waals surface area contributed by atoms with Crippen LogP contribution in [0.2, 0.25) is 0 Å². The Morgan fingerprint density at radius 3 is 2.68 bits per heavy atom. The van der Waals surface area contributed by atoms with Crippen molar-refractivity contribution in [2.24, 2.45) is 0 Å². The molecule has 0 unspecified atom stereocenters. The van der Waals surface area contributed by atoms with E-state index in [4.69, 9.17) is 4.74 Å². The summed E-state index contributed by atoms with van der Waals surface area (Å²) in [4.78, 5) is 20.5. The summed E-state index contributed by atoms with van der Waals surface area (Å²) in [6.45, 7) is 3.71. The largest absolute Gasteiger partial charge is 0.479 e. The highest BCUT2D eigenvalue weighted by molar-refractivity contribution is 6.09. The first kappa shape index (κ1) is 13.1. The molecular formula is C13H14N4O2. The van der Waals surface area contributed by atoms with Crippen LogP contribution in [0.15, 0.2) is 18.5 Å². The third-order valence-corrected chi connectivity index (χ3v) is 2.65. The van der Waals surface area contributed by atoms with Gasteiger partial charge in [0.2, 0.25) is 11.7 Å².